The maximum Gasteiger partial charge on any atom is 0.324 e. The van der Waals surface area contributed by atoms with Crippen LogP contribution in [0.1, 0.15) is 58.2 Å². The summed E-state index contributed by atoms with van der Waals surface area (Å²) in [5.74, 6) is 0.904. The molecule has 1 atom stereocenters. The number of nitrogens with zero attached hydrogens (tertiary/aromatic N) is 4. The molecule has 210 valence electrons. The molecule has 0 bridgehead atoms. The van der Waals surface area contributed by atoms with Crippen LogP contribution >= 0.6 is 0 Å². The summed E-state index contributed by atoms with van der Waals surface area (Å²) < 4.78 is 34.4. The van der Waals surface area contributed by atoms with E-state index in [0.29, 0.717) is 54.5 Å². The van der Waals surface area contributed by atoms with Gasteiger partial charge < -0.3 is 19.1 Å². The van der Waals surface area contributed by atoms with Crippen LogP contribution in [0.2, 0.25) is 0 Å². The fourth-order valence-electron chi connectivity index (χ4n) is 4.77. The van der Waals surface area contributed by atoms with Crippen LogP contribution in [-0.4, -0.2) is 54.1 Å². The first-order chi connectivity index (χ1) is 19.0. The highest BCUT2D eigenvalue weighted by atomic mass is 19.1. The minimum Gasteiger partial charge on any atom is -0.493 e. The van der Waals surface area contributed by atoms with Crippen LogP contribution in [0.25, 0.3) is 11.1 Å². The van der Waals surface area contributed by atoms with Crippen molar-refractivity contribution >= 4 is 11.7 Å². The zero-order chi connectivity index (χ0) is 27.8. The Kier molecular flexibility index (Phi) is 9.81. The molecule has 0 aliphatic carbocycles. The topological polar surface area (TPSA) is 69.1 Å². The lowest BCUT2D eigenvalue weighted by molar-refractivity contribution is 0.0160. The molecule has 0 saturated carbocycles. The van der Waals surface area contributed by atoms with Crippen molar-refractivity contribution in [1.29, 1.82) is 0 Å². The van der Waals surface area contributed by atoms with Gasteiger partial charge in [-0.05, 0) is 38.8 Å². The van der Waals surface area contributed by atoms with Gasteiger partial charge in [0.05, 0.1) is 26.5 Å². The number of benzene rings is 2. The molecule has 1 aliphatic heterocycles. The highest BCUT2D eigenvalue weighted by molar-refractivity contribution is 5.93. The number of methoxy groups -OCH3 is 1. The van der Waals surface area contributed by atoms with Crippen LogP contribution < -0.4 is 14.4 Å². The van der Waals surface area contributed by atoms with Crippen molar-refractivity contribution in [3.63, 3.8) is 0 Å². The number of aromatic nitrogens is 2. The zero-order valence-corrected chi connectivity index (χ0v) is 23.4. The van der Waals surface area contributed by atoms with Gasteiger partial charge in [0.15, 0.2) is 11.5 Å². The van der Waals surface area contributed by atoms with Gasteiger partial charge in [-0.25, -0.2) is 13.9 Å². The predicted molar refractivity (Wildman–Crippen MR) is 150 cm³/mol. The smallest absolute Gasteiger partial charge is 0.324 e. The molecule has 1 unspecified atom stereocenters. The third-order valence-electron chi connectivity index (χ3n) is 6.91. The van der Waals surface area contributed by atoms with E-state index in [9.17, 15) is 4.79 Å². The molecule has 3 aromatic rings. The monoisotopic (exact) mass is 538 g/mol. The molecule has 0 spiro atoms. The van der Waals surface area contributed by atoms with E-state index >= 15 is 4.39 Å². The highest BCUT2D eigenvalue weighted by Crippen LogP contribution is 2.34. The fourth-order valence-corrected chi connectivity index (χ4v) is 4.77. The number of unbranched alkanes of at least 4 members (excludes halogenated alkanes) is 2. The number of anilines is 1. The molecule has 1 saturated heterocycles. The van der Waals surface area contributed by atoms with Gasteiger partial charge in [-0.2, -0.15) is 5.10 Å². The van der Waals surface area contributed by atoms with Crippen molar-refractivity contribution in [1.82, 2.24) is 14.7 Å². The Labute approximate surface area is 230 Å². The molecule has 1 fully saturated rings. The molecule has 4 rings (SSSR count). The number of carbonyl (C=O) groups excluding carboxylic acids is 1. The molecular formula is C30H39FN4O4. The number of ether oxygens (including phenoxy) is 3. The van der Waals surface area contributed by atoms with Gasteiger partial charge in [-0.1, -0.05) is 38.0 Å². The molecule has 0 radical (unpaired) electrons. The lowest BCUT2D eigenvalue weighted by Gasteiger charge is -2.36. The summed E-state index contributed by atoms with van der Waals surface area (Å²) in [5.41, 5.74) is 2.31. The van der Waals surface area contributed by atoms with Crippen molar-refractivity contribution in [2.75, 3.05) is 38.3 Å². The summed E-state index contributed by atoms with van der Waals surface area (Å²) in [6.45, 7) is 8.42. The maximum atomic E-state index is 15.7. The third-order valence-corrected chi connectivity index (χ3v) is 6.91. The number of amides is 2. The third kappa shape index (κ3) is 6.71. The average Bonchev–Trinajstić information content (AvgIpc) is 3.44. The molecule has 8 nitrogen and oxygen atoms in total. The van der Waals surface area contributed by atoms with E-state index in [-0.39, 0.29) is 24.6 Å². The molecule has 2 aromatic carbocycles. The van der Waals surface area contributed by atoms with Crippen LogP contribution in [-0.2, 0) is 11.3 Å². The van der Waals surface area contributed by atoms with E-state index in [2.05, 4.69) is 12.0 Å². The highest BCUT2D eigenvalue weighted by Gasteiger charge is 2.28. The minimum absolute atomic E-state index is 0.161. The second-order valence-corrected chi connectivity index (χ2v) is 9.64. The normalized spacial score (nSPS) is 14.5. The van der Waals surface area contributed by atoms with Gasteiger partial charge in [-0.3, -0.25) is 4.90 Å². The second kappa shape index (κ2) is 13.5. The van der Waals surface area contributed by atoms with Gasteiger partial charge in [-0.15, -0.1) is 0 Å². The van der Waals surface area contributed by atoms with Crippen molar-refractivity contribution in [3.8, 4) is 22.6 Å². The molecule has 0 N–H and O–H groups in total. The summed E-state index contributed by atoms with van der Waals surface area (Å²) >= 11 is 0. The Bertz CT molecular complexity index is 1250. The summed E-state index contributed by atoms with van der Waals surface area (Å²) in [7, 11) is 1.61. The number of hydrogen-bond donors (Lipinski definition) is 0. The van der Waals surface area contributed by atoms with E-state index < -0.39 is 0 Å². The summed E-state index contributed by atoms with van der Waals surface area (Å²) in [5, 5.41) is 4.33. The van der Waals surface area contributed by atoms with Gasteiger partial charge in [0.2, 0.25) is 0 Å². The number of carbonyl (C=O) groups is 1. The van der Waals surface area contributed by atoms with Crippen LogP contribution in [0.5, 0.6) is 11.5 Å². The van der Waals surface area contributed by atoms with Crippen molar-refractivity contribution < 1.29 is 23.4 Å². The van der Waals surface area contributed by atoms with Gasteiger partial charge >= 0.3 is 6.03 Å². The number of halogens is 1. The Morgan fingerprint density at radius 2 is 1.95 bits per heavy atom. The predicted octanol–water partition coefficient (Wildman–Crippen LogP) is 6.65. The molecule has 9 heteroatoms. The first-order valence-electron chi connectivity index (χ1n) is 13.8. The first-order valence-corrected chi connectivity index (χ1v) is 13.8. The molecule has 1 aliphatic rings. The molecule has 1 aromatic heterocycles. The van der Waals surface area contributed by atoms with Crippen molar-refractivity contribution in [2.24, 2.45) is 0 Å². The van der Waals surface area contributed by atoms with Crippen molar-refractivity contribution in [2.45, 2.75) is 59.2 Å². The van der Waals surface area contributed by atoms with Crippen molar-refractivity contribution in [3.05, 3.63) is 60.2 Å². The van der Waals surface area contributed by atoms with Crippen LogP contribution in [0.3, 0.4) is 0 Å². The van der Waals surface area contributed by atoms with Gasteiger partial charge in [0, 0.05) is 54.3 Å². The summed E-state index contributed by atoms with van der Waals surface area (Å²) in [6, 6.07) is 10.7. The Morgan fingerprint density at radius 1 is 1.10 bits per heavy atom. The SMILES string of the molecule is CCCCCOc1cc(N2CCCN(Cc3cccc(-c4cnn(C(C)OCC)c4)c3F)C2=O)ccc1OC. The maximum absolute atomic E-state index is 15.7. The lowest BCUT2D eigenvalue weighted by Crippen LogP contribution is -2.49. The van der Waals surface area contributed by atoms with E-state index in [1.165, 1.54) is 0 Å². The van der Waals surface area contributed by atoms with Gasteiger partial charge in [0.25, 0.3) is 0 Å². The Morgan fingerprint density at radius 3 is 2.72 bits per heavy atom. The number of rotatable bonds is 13. The summed E-state index contributed by atoms with van der Waals surface area (Å²) in [6.07, 6.45) is 7.10. The number of hydrogen-bond acceptors (Lipinski definition) is 5. The molecular weight excluding hydrogens is 499 g/mol. The minimum atomic E-state index is -0.349. The van der Waals surface area contributed by atoms with E-state index in [1.807, 2.05) is 38.1 Å². The largest absolute Gasteiger partial charge is 0.493 e. The van der Waals surface area contributed by atoms with E-state index in [1.54, 1.807) is 46.1 Å². The van der Waals surface area contributed by atoms with Crippen LogP contribution in [0.4, 0.5) is 14.9 Å². The summed E-state index contributed by atoms with van der Waals surface area (Å²) in [4.78, 5) is 16.9. The number of urea groups is 1. The molecule has 2 heterocycles. The quantitative estimate of drug-likeness (QED) is 0.228. The standard InChI is InChI=1S/C30H39FN4O4/c1-5-7-8-17-39-28-18-25(13-14-27(28)37-4)34-16-10-15-33(30(34)36)20-23-11-9-12-26(29(23)31)24-19-32-35(21-24)22(3)38-6-2/h9,11-14,18-19,21-22H,5-8,10,15-17,20H2,1-4H3. The van der Waals surface area contributed by atoms with Crippen LogP contribution in [0, 0.1) is 5.82 Å². The zero-order valence-electron chi connectivity index (χ0n) is 23.4. The van der Waals surface area contributed by atoms with Gasteiger partial charge in [0.1, 0.15) is 12.0 Å². The average molecular weight is 539 g/mol. The molecule has 2 amide bonds. The Balaban J connectivity index is 1.50. The fraction of sp³-hybridized carbons (Fsp3) is 0.467. The first kappa shape index (κ1) is 28.4. The second-order valence-electron chi connectivity index (χ2n) is 9.64. The van der Waals surface area contributed by atoms with E-state index in [4.69, 9.17) is 14.2 Å². The van der Waals surface area contributed by atoms with Crippen LogP contribution in [0.15, 0.2) is 48.8 Å². The lowest BCUT2D eigenvalue weighted by atomic mass is 10.0. The Hall–Kier alpha value is -3.59. The van der Waals surface area contributed by atoms with E-state index in [0.717, 1.165) is 31.4 Å². The molecule has 39 heavy (non-hydrogen) atoms.